The molecule has 4 heteroatoms. The zero-order chi connectivity index (χ0) is 12.2. The molecule has 0 fully saturated rings. The zero-order valence-corrected chi connectivity index (χ0v) is 11.6. The molecule has 0 radical (unpaired) electrons. The Kier molecular flexibility index (Phi) is 6.03. The molecule has 0 spiro atoms. The molecule has 0 saturated heterocycles. The van der Waals surface area contributed by atoms with Crippen molar-refractivity contribution in [3.05, 3.63) is 35.4 Å². The molecule has 0 unspecified atom stereocenters. The zero-order valence-electron chi connectivity index (χ0n) is 10.7. The molecule has 0 aliphatic rings. The van der Waals surface area contributed by atoms with Crippen LogP contribution in [0.4, 0.5) is 0 Å². The standard InChI is InChI=1S/C13H21N3.ClH/c1-4-10-5-7-11(8-6-10)13(2,3)9-16-12(14)15;/h5-8H,4,9H2,1-3H3,(H4,14,15,16);1H. The second-order valence-corrected chi connectivity index (χ2v) is 4.68. The summed E-state index contributed by atoms with van der Waals surface area (Å²) in [7, 11) is 0. The van der Waals surface area contributed by atoms with Gasteiger partial charge in [-0.3, -0.25) is 4.99 Å². The maximum absolute atomic E-state index is 5.35. The van der Waals surface area contributed by atoms with Crippen LogP contribution in [0.3, 0.4) is 0 Å². The molecule has 0 heterocycles. The lowest BCUT2D eigenvalue weighted by Crippen LogP contribution is -2.28. The van der Waals surface area contributed by atoms with E-state index in [1.165, 1.54) is 11.1 Å². The van der Waals surface area contributed by atoms with Gasteiger partial charge < -0.3 is 11.5 Å². The molecule has 0 bridgehead atoms. The average Bonchev–Trinajstić information content (AvgIpc) is 2.27. The Bertz CT molecular complexity index is 365. The topological polar surface area (TPSA) is 64.4 Å². The van der Waals surface area contributed by atoms with Crippen LogP contribution in [0.1, 0.15) is 31.9 Å². The Morgan fingerprint density at radius 2 is 1.71 bits per heavy atom. The molecule has 0 amide bonds. The van der Waals surface area contributed by atoms with Gasteiger partial charge in [0.15, 0.2) is 5.96 Å². The van der Waals surface area contributed by atoms with Gasteiger partial charge in [-0.15, -0.1) is 12.4 Å². The summed E-state index contributed by atoms with van der Waals surface area (Å²) >= 11 is 0. The second-order valence-electron chi connectivity index (χ2n) is 4.68. The van der Waals surface area contributed by atoms with Crippen LogP contribution in [0.25, 0.3) is 0 Å². The molecule has 0 atom stereocenters. The Hall–Kier alpha value is -1.22. The van der Waals surface area contributed by atoms with E-state index in [-0.39, 0.29) is 23.8 Å². The number of hydrogen-bond acceptors (Lipinski definition) is 1. The summed E-state index contributed by atoms with van der Waals surface area (Å²) in [4.78, 5) is 4.09. The first kappa shape index (κ1) is 15.8. The lowest BCUT2D eigenvalue weighted by atomic mass is 9.84. The molecule has 1 rings (SSSR count). The van der Waals surface area contributed by atoms with E-state index >= 15 is 0 Å². The smallest absolute Gasteiger partial charge is 0.185 e. The van der Waals surface area contributed by atoms with Crippen LogP contribution in [-0.2, 0) is 11.8 Å². The summed E-state index contributed by atoms with van der Waals surface area (Å²) in [5, 5.41) is 0. The molecule has 17 heavy (non-hydrogen) atoms. The number of aliphatic imine (C=N–C) groups is 1. The summed E-state index contributed by atoms with van der Waals surface area (Å²) < 4.78 is 0. The van der Waals surface area contributed by atoms with Crippen molar-refractivity contribution >= 4 is 18.4 Å². The predicted molar refractivity (Wildman–Crippen MR) is 76.8 cm³/mol. The first-order valence-electron chi connectivity index (χ1n) is 5.60. The summed E-state index contributed by atoms with van der Waals surface area (Å²) in [6.45, 7) is 7.04. The highest BCUT2D eigenvalue weighted by molar-refractivity contribution is 5.85. The van der Waals surface area contributed by atoms with Crippen molar-refractivity contribution in [2.45, 2.75) is 32.6 Å². The fourth-order valence-corrected chi connectivity index (χ4v) is 1.57. The van der Waals surface area contributed by atoms with Gasteiger partial charge in [-0.1, -0.05) is 45.0 Å². The van der Waals surface area contributed by atoms with Crippen molar-refractivity contribution in [2.24, 2.45) is 16.5 Å². The fourth-order valence-electron chi connectivity index (χ4n) is 1.57. The number of hydrogen-bond donors (Lipinski definition) is 2. The Morgan fingerprint density at radius 3 is 2.12 bits per heavy atom. The summed E-state index contributed by atoms with van der Waals surface area (Å²) in [5.74, 6) is 0.151. The summed E-state index contributed by atoms with van der Waals surface area (Å²) in [6, 6.07) is 8.63. The maximum Gasteiger partial charge on any atom is 0.185 e. The number of nitrogens with two attached hydrogens (primary N) is 2. The van der Waals surface area contributed by atoms with Crippen LogP contribution >= 0.6 is 12.4 Å². The lowest BCUT2D eigenvalue weighted by Gasteiger charge is -2.23. The third-order valence-corrected chi connectivity index (χ3v) is 2.80. The van der Waals surface area contributed by atoms with Crippen molar-refractivity contribution in [1.29, 1.82) is 0 Å². The lowest BCUT2D eigenvalue weighted by molar-refractivity contribution is 0.540. The number of benzene rings is 1. The normalized spacial score (nSPS) is 10.5. The van der Waals surface area contributed by atoms with Gasteiger partial charge in [0.1, 0.15) is 0 Å². The Labute approximate surface area is 110 Å². The van der Waals surface area contributed by atoms with Gasteiger partial charge in [0, 0.05) is 5.41 Å². The minimum atomic E-state index is -0.0315. The Balaban J connectivity index is 0.00000256. The predicted octanol–water partition coefficient (Wildman–Crippen LogP) is 2.22. The Morgan fingerprint density at radius 1 is 1.18 bits per heavy atom. The molecule has 1 aromatic carbocycles. The SMILES string of the molecule is CCc1ccc(C(C)(C)CN=C(N)N)cc1.Cl. The number of guanidine groups is 1. The van der Waals surface area contributed by atoms with Gasteiger partial charge in [0.2, 0.25) is 0 Å². The second kappa shape index (κ2) is 6.50. The molecular weight excluding hydrogens is 234 g/mol. The van der Waals surface area contributed by atoms with Gasteiger partial charge in [-0.05, 0) is 17.5 Å². The van der Waals surface area contributed by atoms with E-state index in [9.17, 15) is 0 Å². The summed E-state index contributed by atoms with van der Waals surface area (Å²) in [6.07, 6.45) is 1.06. The van der Waals surface area contributed by atoms with Crippen LogP contribution < -0.4 is 11.5 Å². The van der Waals surface area contributed by atoms with Crippen molar-refractivity contribution in [3.63, 3.8) is 0 Å². The maximum atomic E-state index is 5.35. The van der Waals surface area contributed by atoms with Gasteiger partial charge in [0.05, 0.1) is 6.54 Å². The number of halogens is 1. The highest BCUT2D eigenvalue weighted by Gasteiger charge is 2.19. The van der Waals surface area contributed by atoms with Crippen molar-refractivity contribution < 1.29 is 0 Å². The molecule has 0 aliphatic heterocycles. The van der Waals surface area contributed by atoms with Crippen molar-refractivity contribution in [2.75, 3.05) is 6.54 Å². The summed E-state index contributed by atoms with van der Waals surface area (Å²) in [5.41, 5.74) is 13.3. The third kappa shape index (κ3) is 4.65. The van der Waals surface area contributed by atoms with Crippen LogP contribution in [0.15, 0.2) is 29.3 Å². The number of rotatable bonds is 4. The first-order chi connectivity index (χ1) is 7.45. The van der Waals surface area contributed by atoms with Crippen LogP contribution in [-0.4, -0.2) is 12.5 Å². The first-order valence-corrected chi connectivity index (χ1v) is 5.60. The molecular formula is C13H22ClN3. The number of aryl methyl sites for hydroxylation is 1. The van der Waals surface area contributed by atoms with E-state index in [1.807, 2.05) is 0 Å². The molecule has 0 aromatic heterocycles. The average molecular weight is 256 g/mol. The van der Waals surface area contributed by atoms with Crippen molar-refractivity contribution in [3.8, 4) is 0 Å². The molecule has 1 aromatic rings. The third-order valence-electron chi connectivity index (χ3n) is 2.80. The minimum Gasteiger partial charge on any atom is -0.370 e. The molecule has 0 aliphatic carbocycles. The van der Waals surface area contributed by atoms with E-state index in [0.29, 0.717) is 6.54 Å². The van der Waals surface area contributed by atoms with E-state index in [2.05, 4.69) is 50.0 Å². The van der Waals surface area contributed by atoms with E-state index in [1.54, 1.807) is 0 Å². The highest BCUT2D eigenvalue weighted by atomic mass is 35.5. The molecule has 96 valence electrons. The molecule has 4 N–H and O–H groups in total. The molecule has 3 nitrogen and oxygen atoms in total. The molecule has 0 saturated carbocycles. The monoisotopic (exact) mass is 255 g/mol. The van der Waals surface area contributed by atoms with Crippen LogP contribution in [0.5, 0.6) is 0 Å². The van der Waals surface area contributed by atoms with E-state index < -0.39 is 0 Å². The largest absolute Gasteiger partial charge is 0.370 e. The fraction of sp³-hybridized carbons (Fsp3) is 0.462. The minimum absolute atomic E-state index is 0. The van der Waals surface area contributed by atoms with Gasteiger partial charge >= 0.3 is 0 Å². The quantitative estimate of drug-likeness (QED) is 0.640. The van der Waals surface area contributed by atoms with Gasteiger partial charge in [0.25, 0.3) is 0 Å². The van der Waals surface area contributed by atoms with E-state index in [4.69, 9.17) is 11.5 Å². The van der Waals surface area contributed by atoms with Crippen molar-refractivity contribution in [1.82, 2.24) is 0 Å². The van der Waals surface area contributed by atoms with E-state index in [0.717, 1.165) is 6.42 Å². The highest BCUT2D eigenvalue weighted by Crippen LogP contribution is 2.23. The van der Waals surface area contributed by atoms with Gasteiger partial charge in [-0.2, -0.15) is 0 Å². The van der Waals surface area contributed by atoms with Crippen LogP contribution in [0.2, 0.25) is 0 Å². The van der Waals surface area contributed by atoms with Gasteiger partial charge in [-0.25, -0.2) is 0 Å². The number of nitrogens with zero attached hydrogens (tertiary/aromatic N) is 1. The van der Waals surface area contributed by atoms with Crippen LogP contribution in [0, 0.1) is 0 Å².